The zero-order chi connectivity index (χ0) is 21.2. The van der Waals surface area contributed by atoms with E-state index in [-0.39, 0.29) is 19.5 Å². The fraction of sp³-hybridized carbons (Fsp3) is 0.0800. The van der Waals surface area contributed by atoms with E-state index in [1.807, 2.05) is 60.8 Å². The Labute approximate surface area is 182 Å². The Morgan fingerprint density at radius 3 is 2.56 bits per heavy atom. The highest BCUT2D eigenvalue weighted by molar-refractivity contribution is 6.17. The second-order valence-electron chi connectivity index (χ2n) is 7.69. The summed E-state index contributed by atoms with van der Waals surface area (Å²) in [7, 11) is 0. The van der Waals surface area contributed by atoms with Crippen LogP contribution < -0.4 is 18.9 Å². The van der Waals surface area contributed by atoms with Crippen LogP contribution >= 0.6 is 0 Å². The van der Waals surface area contributed by atoms with Crippen LogP contribution in [-0.4, -0.2) is 28.2 Å². The van der Waals surface area contributed by atoms with Crippen LogP contribution in [0.2, 0.25) is 0 Å². The molecule has 0 saturated carbocycles. The molecule has 2 aromatic heterocycles. The fourth-order valence-corrected chi connectivity index (χ4v) is 4.53. The minimum absolute atomic E-state index is 0.125. The van der Waals surface area contributed by atoms with Crippen molar-refractivity contribution in [1.82, 2.24) is 9.55 Å². The van der Waals surface area contributed by atoms with Gasteiger partial charge >= 0.3 is 0 Å². The Bertz CT molecular complexity index is 1540. The van der Waals surface area contributed by atoms with Crippen LogP contribution in [-0.2, 0) is 0 Å². The van der Waals surface area contributed by atoms with E-state index in [2.05, 4.69) is 4.98 Å². The molecule has 0 aliphatic carbocycles. The van der Waals surface area contributed by atoms with E-state index < -0.39 is 0 Å². The normalized spacial score (nSPS) is 13.9. The number of pyridine rings is 1. The maximum absolute atomic E-state index is 11.1. The molecule has 4 heterocycles. The SMILES string of the molecule is Oc1c2cc3ccc4c(c3c(-c3ccc5c(c3)OCO5)c2cn1-c1ccccn1)OCO4. The Morgan fingerprint density at radius 1 is 0.812 bits per heavy atom. The second kappa shape index (κ2) is 6.31. The van der Waals surface area contributed by atoms with Crippen molar-refractivity contribution in [3.05, 3.63) is 67.0 Å². The number of ether oxygens (including phenoxy) is 4. The number of aromatic nitrogens is 2. The lowest BCUT2D eigenvalue weighted by Gasteiger charge is -2.12. The molecule has 32 heavy (non-hydrogen) atoms. The quantitative estimate of drug-likeness (QED) is 0.429. The molecular formula is C25H16N2O5. The number of hydrogen-bond acceptors (Lipinski definition) is 6. The third-order valence-electron chi connectivity index (χ3n) is 5.97. The van der Waals surface area contributed by atoms with E-state index in [1.165, 1.54) is 0 Å². The highest BCUT2D eigenvalue weighted by atomic mass is 16.7. The van der Waals surface area contributed by atoms with Crippen LogP contribution in [0.3, 0.4) is 0 Å². The van der Waals surface area contributed by atoms with Gasteiger partial charge in [-0.3, -0.25) is 4.57 Å². The summed E-state index contributed by atoms with van der Waals surface area (Å²) in [5.74, 6) is 3.55. The van der Waals surface area contributed by atoms with Gasteiger partial charge in [0, 0.05) is 34.1 Å². The van der Waals surface area contributed by atoms with Crippen LogP contribution in [0.1, 0.15) is 0 Å². The minimum atomic E-state index is 0.125. The van der Waals surface area contributed by atoms with Crippen molar-refractivity contribution >= 4 is 21.5 Å². The number of aromatic hydroxyl groups is 1. The Hall–Kier alpha value is -4.39. The molecule has 1 N–H and O–H groups in total. The monoisotopic (exact) mass is 424 g/mol. The summed E-state index contributed by atoms with van der Waals surface area (Å²) in [5.41, 5.74) is 1.84. The highest BCUT2D eigenvalue weighted by Gasteiger charge is 2.25. The maximum atomic E-state index is 11.1. The lowest BCUT2D eigenvalue weighted by atomic mass is 9.93. The predicted molar refractivity (Wildman–Crippen MR) is 118 cm³/mol. The van der Waals surface area contributed by atoms with Gasteiger partial charge in [0.2, 0.25) is 19.5 Å². The molecule has 0 amide bonds. The van der Waals surface area contributed by atoms with Crippen LogP contribution in [0.5, 0.6) is 28.9 Å². The van der Waals surface area contributed by atoms with E-state index in [4.69, 9.17) is 18.9 Å². The van der Waals surface area contributed by atoms with E-state index in [1.54, 1.807) is 10.8 Å². The summed E-state index contributed by atoms with van der Waals surface area (Å²) < 4.78 is 24.4. The van der Waals surface area contributed by atoms with Gasteiger partial charge in [-0.25, -0.2) is 4.98 Å². The van der Waals surface area contributed by atoms with Crippen molar-refractivity contribution in [2.24, 2.45) is 0 Å². The second-order valence-corrected chi connectivity index (χ2v) is 7.69. The molecule has 7 nitrogen and oxygen atoms in total. The smallest absolute Gasteiger partial charge is 0.231 e. The van der Waals surface area contributed by atoms with E-state index in [0.717, 1.165) is 32.7 Å². The van der Waals surface area contributed by atoms with Crippen LogP contribution in [0.4, 0.5) is 0 Å². The lowest BCUT2D eigenvalue weighted by Crippen LogP contribution is -1.93. The van der Waals surface area contributed by atoms with E-state index in [0.29, 0.717) is 28.8 Å². The topological polar surface area (TPSA) is 75.0 Å². The first-order valence-electron chi connectivity index (χ1n) is 10.2. The molecule has 0 unspecified atom stereocenters. The fourth-order valence-electron chi connectivity index (χ4n) is 4.53. The van der Waals surface area contributed by atoms with Crippen LogP contribution in [0.15, 0.2) is 67.0 Å². The van der Waals surface area contributed by atoms with Crippen molar-refractivity contribution in [3.63, 3.8) is 0 Å². The molecule has 0 saturated heterocycles. The summed E-state index contributed by atoms with van der Waals surface area (Å²) in [6.45, 7) is 0.375. The third kappa shape index (κ3) is 2.33. The molecule has 156 valence electrons. The van der Waals surface area contributed by atoms with Gasteiger partial charge in [0.15, 0.2) is 23.0 Å². The summed E-state index contributed by atoms with van der Waals surface area (Å²) in [5, 5.41) is 14.6. The molecule has 7 rings (SSSR count). The van der Waals surface area contributed by atoms with Gasteiger partial charge in [0.25, 0.3) is 0 Å². The highest BCUT2D eigenvalue weighted by Crippen LogP contribution is 2.50. The Kier molecular flexibility index (Phi) is 3.41. The van der Waals surface area contributed by atoms with Crippen molar-refractivity contribution in [2.45, 2.75) is 0 Å². The molecule has 0 fully saturated rings. The van der Waals surface area contributed by atoms with Crippen LogP contribution in [0.25, 0.3) is 38.5 Å². The van der Waals surface area contributed by atoms with Gasteiger partial charge in [0.05, 0.1) is 0 Å². The lowest BCUT2D eigenvalue weighted by molar-refractivity contribution is 0.174. The standard InChI is InChI=1S/C25H16N2O5/c28-25-16-9-14-5-7-19-24(32-13-30-19)23(14)22(15-4-6-18-20(10-15)31-12-29-18)17(16)11-27(25)21-3-1-2-8-26-21/h1-11,28H,12-13H2. The largest absolute Gasteiger partial charge is 0.494 e. The molecule has 0 bridgehead atoms. The molecule has 2 aliphatic heterocycles. The van der Waals surface area contributed by atoms with Crippen LogP contribution in [0, 0.1) is 0 Å². The van der Waals surface area contributed by atoms with Gasteiger partial charge in [-0.2, -0.15) is 0 Å². The zero-order valence-electron chi connectivity index (χ0n) is 16.7. The predicted octanol–water partition coefficient (Wildman–Crippen LogP) is 5.01. The summed E-state index contributed by atoms with van der Waals surface area (Å²) in [6.07, 6.45) is 3.61. The molecule has 2 aliphatic rings. The van der Waals surface area contributed by atoms with Gasteiger partial charge < -0.3 is 24.1 Å². The molecular weight excluding hydrogens is 408 g/mol. The number of hydrogen-bond donors (Lipinski definition) is 1. The average molecular weight is 424 g/mol. The first kappa shape index (κ1) is 17.3. The molecule has 7 heteroatoms. The molecule has 3 aromatic carbocycles. The van der Waals surface area contributed by atoms with Gasteiger partial charge in [-0.05, 0) is 47.3 Å². The zero-order valence-corrected chi connectivity index (χ0v) is 16.7. The number of nitrogens with zero attached hydrogens (tertiary/aromatic N) is 2. The summed E-state index contributed by atoms with van der Waals surface area (Å²) in [4.78, 5) is 4.40. The number of benzene rings is 3. The Balaban J connectivity index is 1.62. The van der Waals surface area contributed by atoms with Gasteiger partial charge in [-0.15, -0.1) is 0 Å². The van der Waals surface area contributed by atoms with Gasteiger partial charge in [-0.1, -0.05) is 18.2 Å². The molecule has 0 radical (unpaired) electrons. The van der Waals surface area contributed by atoms with Gasteiger partial charge in [0.1, 0.15) is 5.82 Å². The molecule has 0 spiro atoms. The first-order valence-corrected chi connectivity index (χ1v) is 10.2. The summed E-state index contributed by atoms with van der Waals surface area (Å²) >= 11 is 0. The number of rotatable bonds is 2. The Morgan fingerprint density at radius 2 is 1.66 bits per heavy atom. The van der Waals surface area contributed by atoms with Crippen molar-refractivity contribution in [1.29, 1.82) is 0 Å². The van der Waals surface area contributed by atoms with E-state index in [9.17, 15) is 5.11 Å². The minimum Gasteiger partial charge on any atom is -0.494 e. The molecule has 5 aromatic rings. The van der Waals surface area contributed by atoms with Crippen molar-refractivity contribution in [3.8, 4) is 45.8 Å². The maximum Gasteiger partial charge on any atom is 0.231 e. The first-order chi connectivity index (χ1) is 15.8. The third-order valence-corrected chi connectivity index (χ3v) is 5.97. The van der Waals surface area contributed by atoms with Crippen molar-refractivity contribution < 1.29 is 24.1 Å². The van der Waals surface area contributed by atoms with Crippen molar-refractivity contribution in [2.75, 3.05) is 13.6 Å². The average Bonchev–Trinajstić information content (AvgIpc) is 3.56. The number of fused-ring (bicyclic) bond motifs is 5. The van der Waals surface area contributed by atoms with E-state index >= 15 is 0 Å². The summed E-state index contributed by atoms with van der Waals surface area (Å²) in [6, 6.07) is 17.3. The molecule has 0 atom stereocenters.